The average molecular weight is 489 g/mol. The third-order valence-electron chi connectivity index (χ3n) is 6.97. The first-order chi connectivity index (χ1) is 17.5. The van der Waals surface area contributed by atoms with E-state index in [0.717, 1.165) is 22.0 Å². The van der Waals surface area contributed by atoms with Gasteiger partial charge in [0.1, 0.15) is 34.9 Å². The summed E-state index contributed by atoms with van der Waals surface area (Å²) in [5.41, 5.74) is 3.26. The molecular formula is C28H25FN2O5. The minimum atomic E-state index is -0.437. The highest BCUT2D eigenvalue weighted by molar-refractivity contribution is 5.80. The Labute approximate surface area is 207 Å². The molecule has 0 saturated carbocycles. The maximum Gasteiger partial charge on any atom is 0.306 e. The number of fused-ring (bicyclic) bond motifs is 3. The fraction of sp³-hybridized carbons (Fsp3) is 0.286. The van der Waals surface area contributed by atoms with Crippen molar-refractivity contribution in [3.05, 3.63) is 77.2 Å². The van der Waals surface area contributed by atoms with Crippen LogP contribution < -0.4 is 14.2 Å². The van der Waals surface area contributed by atoms with Crippen LogP contribution in [0, 0.1) is 5.82 Å². The number of ether oxygens (including phenoxy) is 4. The van der Waals surface area contributed by atoms with E-state index < -0.39 is 6.10 Å². The lowest BCUT2D eigenvalue weighted by molar-refractivity contribution is -0.141. The Hall–Kier alpha value is -4.07. The lowest BCUT2D eigenvalue weighted by atomic mass is 9.98. The van der Waals surface area contributed by atoms with Crippen molar-refractivity contribution in [2.24, 2.45) is 7.05 Å². The molecule has 4 aromatic rings. The quantitative estimate of drug-likeness (QED) is 0.329. The smallest absolute Gasteiger partial charge is 0.306 e. The van der Waals surface area contributed by atoms with Crippen molar-refractivity contribution < 1.29 is 28.1 Å². The highest BCUT2D eigenvalue weighted by Gasteiger charge is 2.32. The number of carbonyl (C=O) groups excluding carboxylic acids is 1. The van der Waals surface area contributed by atoms with E-state index in [1.54, 1.807) is 16.9 Å². The molecule has 184 valence electrons. The number of aryl methyl sites for hydroxylation is 1. The number of nitrogens with zero attached hydrogens (tertiary/aromatic N) is 2. The molecule has 0 saturated heterocycles. The van der Waals surface area contributed by atoms with E-state index in [4.69, 9.17) is 18.9 Å². The van der Waals surface area contributed by atoms with Crippen molar-refractivity contribution in [3.63, 3.8) is 0 Å². The number of rotatable bonds is 6. The predicted octanol–water partition coefficient (Wildman–Crippen LogP) is 5.61. The second-order valence-electron chi connectivity index (χ2n) is 9.16. The Morgan fingerprint density at radius 1 is 1.17 bits per heavy atom. The third-order valence-corrected chi connectivity index (χ3v) is 6.97. The van der Waals surface area contributed by atoms with Crippen LogP contribution in [0.2, 0.25) is 0 Å². The van der Waals surface area contributed by atoms with Gasteiger partial charge in [0.15, 0.2) is 0 Å². The minimum Gasteiger partial charge on any atom is -0.492 e. The van der Waals surface area contributed by atoms with Crippen LogP contribution in [0.1, 0.15) is 41.6 Å². The molecule has 2 heterocycles. The van der Waals surface area contributed by atoms with Crippen molar-refractivity contribution in [3.8, 4) is 23.0 Å². The van der Waals surface area contributed by atoms with E-state index in [2.05, 4.69) is 5.10 Å². The van der Waals surface area contributed by atoms with E-state index in [0.29, 0.717) is 48.0 Å². The van der Waals surface area contributed by atoms with Crippen molar-refractivity contribution in [1.29, 1.82) is 0 Å². The summed E-state index contributed by atoms with van der Waals surface area (Å²) in [6.07, 6.45) is 2.91. The number of halogens is 1. The summed E-state index contributed by atoms with van der Waals surface area (Å²) in [7, 11) is 3.26. The molecule has 1 aromatic heterocycles. The van der Waals surface area contributed by atoms with Gasteiger partial charge in [-0.3, -0.25) is 9.48 Å². The lowest BCUT2D eigenvalue weighted by Crippen LogP contribution is -2.09. The third kappa shape index (κ3) is 3.92. The fourth-order valence-corrected chi connectivity index (χ4v) is 5.12. The molecule has 2 aliphatic rings. The van der Waals surface area contributed by atoms with Crippen LogP contribution in [-0.2, 0) is 23.0 Å². The normalized spacial score (nSPS) is 18.0. The predicted molar refractivity (Wildman–Crippen MR) is 130 cm³/mol. The standard InChI is InChI=1S/C28H25FN2O5/c1-31-23-12-18(4-3-16(23)14-30-31)35-24-10-8-22(29)28-21(24)7-9-25(28)36-19-5-6-20-17(11-27(32)33-2)15-34-26(20)13-19/h3-6,8,10,12-14,17,25H,7,9,11,15H2,1-2H3/t17?,25-/m1/s1. The molecule has 6 rings (SSSR count). The van der Waals surface area contributed by atoms with Crippen LogP contribution in [-0.4, -0.2) is 29.5 Å². The highest BCUT2D eigenvalue weighted by Crippen LogP contribution is 2.44. The molecule has 0 amide bonds. The summed E-state index contributed by atoms with van der Waals surface area (Å²) in [4.78, 5) is 11.7. The van der Waals surface area contributed by atoms with Crippen LogP contribution in [0.15, 0.2) is 54.7 Å². The fourth-order valence-electron chi connectivity index (χ4n) is 5.12. The second kappa shape index (κ2) is 8.86. The summed E-state index contributed by atoms with van der Waals surface area (Å²) in [6, 6.07) is 14.4. The van der Waals surface area contributed by atoms with Crippen LogP contribution in [0.3, 0.4) is 0 Å². The zero-order valence-corrected chi connectivity index (χ0v) is 20.0. The van der Waals surface area contributed by atoms with Crippen molar-refractivity contribution in [2.75, 3.05) is 13.7 Å². The van der Waals surface area contributed by atoms with E-state index in [1.165, 1.54) is 13.2 Å². The van der Waals surface area contributed by atoms with Gasteiger partial charge in [-0.2, -0.15) is 5.10 Å². The molecule has 0 bridgehead atoms. The summed E-state index contributed by atoms with van der Waals surface area (Å²) >= 11 is 0. The summed E-state index contributed by atoms with van der Waals surface area (Å²) in [5, 5.41) is 5.30. The SMILES string of the molecule is COC(=O)CC1COc2cc(O[C@@H]3CCc4c(Oc5ccc6cnn(C)c6c5)ccc(F)c43)ccc21. The van der Waals surface area contributed by atoms with Crippen LogP contribution in [0.5, 0.6) is 23.0 Å². The van der Waals surface area contributed by atoms with E-state index in [1.807, 2.05) is 43.4 Å². The molecule has 36 heavy (non-hydrogen) atoms. The molecule has 0 radical (unpaired) electrons. The molecule has 0 N–H and O–H groups in total. The lowest BCUT2D eigenvalue weighted by Gasteiger charge is -2.17. The summed E-state index contributed by atoms with van der Waals surface area (Å²) < 4.78 is 39.8. The Morgan fingerprint density at radius 2 is 2.03 bits per heavy atom. The molecule has 1 aliphatic heterocycles. The molecule has 1 aliphatic carbocycles. The van der Waals surface area contributed by atoms with Crippen LogP contribution >= 0.6 is 0 Å². The maximum absolute atomic E-state index is 15.0. The van der Waals surface area contributed by atoms with Gasteiger partial charge in [0.25, 0.3) is 0 Å². The summed E-state index contributed by atoms with van der Waals surface area (Å²) in [5.74, 6) is 1.95. The Balaban J connectivity index is 1.23. The molecule has 1 unspecified atom stereocenters. The zero-order valence-electron chi connectivity index (χ0n) is 20.0. The number of benzene rings is 3. The zero-order chi connectivity index (χ0) is 24.8. The molecular weight excluding hydrogens is 463 g/mol. The molecule has 0 spiro atoms. The molecule has 8 heteroatoms. The van der Waals surface area contributed by atoms with E-state index in [9.17, 15) is 9.18 Å². The highest BCUT2D eigenvalue weighted by atomic mass is 19.1. The van der Waals surface area contributed by atoms with Crippen molar-refractivity contribution >= 4 is 16.9 Å². The number of hydrogen-bond acceptors (Lipinski definition) is 6. The molecule has 0 fully saturated rings. The number of hydrogen-bond donors (Lipinski definition) is 0. The monoisotopic (exact) mass is 488 g/mol. The molecule has 3 aromatic carbocycles. The van der Waals surface area contributed by atoms with Crippen molar-refractivity contribution in [2.45, 2.75) is 31.3 Å². The van der Waals surface area contributed by atoms with Gasteiger partial charge in [-0.25, -0.2) is 4.39 Å². The number of esters is 1. The molecule has 2 atom stereocenters. The molecule has 7 nitrogen and oxygen atoms in total. The van der Waals surface area contributed by atoms with Gasteiger partial charge in [-0.1, -0.05) is 6.07 Å². The van der Waals surface area contributed by atoms with Crippen LogP contribution in [0.4, 0.5) is 4.39 Å². The largest absolute Gasteiger partial charge is 0.492 e. The van der Waals surface area contributed by atoms with E-state index in [-0.39, 0.29) is 24.1 Å². The summed E-state index contributed by atoms with van der Waals surface area (Å²) in [6.45, 7) is 0.417. The Morgan fingerprint density at radius 3 is 2.89 bits per heavy atom. The van der Waals surface area contributed by atoms with Crippen LogP contribution in [0.25, 0.3) is 10.9 Å². The van der Waals surface area contributed by atoms with Gasteiger partial charge in [0, 0.05) is 47.2 Å². The first-order valence-electron chi connectivity index (χ1n) is 11.9. The van der Waals surface area contributed by atoms with Gasteiger partial charge in [-0.05, 0) is 43.2 Å². The second-order valence-corrected chi connectivity index (χ2v) is 9.16. The Kier molecular flexibility index (Phi) is 5.51. The van der Waals surface area contributed by atoms with Gasteiger partial charge in [-0.15, -0.1) is 0 Å². The van der Waals surface area contributed by atoms with Gasteiger partial charge >= 0.3 is 5.97 Å². The Bertz CT molecular complexity index is 1480. The first-order valence-corrected chi connectivity index (χ1v) is 11.9. The average Bonchev–Trinajstić information content (AvgIpc) is 3.59. The topological polar surface area (TPSA) is 71.8 Å². The minimum absolute atomic E-state index is 0.0450. The first kappa shape index (κ1) is 22.4. The number of methoxy groups -OCH3 is 1. The van der Waals surface area contributed by atoms with Crippen molar-refractivity contribution in [1.82, 2.24) is 9.78 Å². The van der Waals surface area contributed by atoms with Gasteiger partial charge < -0.3 is 18.9 Å². The maximum atomic E-state index is 15.0. The van der Waals surface area contributed by atoms with E-state index >= 15 is 0 Å². The number of carbonyl (C=O) groups is 1. The van der Waals surface area contributed by atoms with Gasteiger partial charge in [0.2, 0.25) is 0 Å². The number of aromatic nitrogens is 2. The van der Waals surface area contributed by atoms with Gasteiger partial charge in [0.05, 0.1) is 31.9 Å².